The van der Waals surface area contributed by atoms with Gasteiger partial charge in [0.15, 0.2) is 0 Å². The van der Waals surface area contributed by atoms with Gasteiger partial charge in [0.05, 0.1) is 6.54 Å². The van der Waals surface area contributed by atoms with E-state index in [2.05, 4.69) is 17.2 Å². The minimum atomic E-state index is 0.0784. The standard InChI is InChI=1S/C22H24N4O/c23-13-19-14-25(16-21(19)17-7-2-1-3-8-17)22(27)20-10-5-4-9-18(20)15-26-12-6-11-24-26/h1-12,19,21H,13-16,23H2/t19-,21+/m1/s1. The summed E-state index contributed by atoms with van der Waals surface area (Å²) in [6.07, 6.45) is 3.66. The number of hydrogen-bond acceptors (Lipinski definition) is 3. The Morgan fingerprint density at radius 1 is 1.04 bits per heavy atom. The molecule has 2 aromatic carbocycles. The van der Waals surface area contributed by atoms with E-state index < -0.39 is 0 Å². The number of nitrogens with zero attached hydrogens (tertiary/aromatic N) is 3. The number of likely N-dealkylation sites (tertiary alicyclic amines) is 1. The molecule has 1 aliphatic rings. The highest BCUT2D eigenvalue weighted by molar-refractivity contribution is 5.96. The van der Waals surface area contributed by atoms with Gasteiger partial charge in [-0.05, 0) is 35.7 Å². The average Bonchev–Trinajstić information content (AvgIpc) is 3.38. The summed E-state index contributed by atoms with van der Waals surface area (Å²) in [4.78, 5) is 15.2. The van der Waals surface area contributed by atoms with E-state index in [9.17, 15) is 4.79 Å². The van der Waals surface area contributed by atoms with Crippen LogP contribution >= 0.6 is 0 Å². The lowest BCUT2D eigenvalue weighted by Gasteiger charge is -2.19. The highest BCUT2D eigenvalue weighted by Gasteiger charge is 2.36. The van der Waals surface area contributed by atoms with Crippen molar-refractivity contribution in [3.8, 4) is 0 Å². The lowest BCUT2D eigenvalue weighted by Crippen LogP contribution is -2.30. The molecule has 1 amide bonds. The molecule has 1 aliphatic heterocycles. The number of benzene rings is 2. The van der Waals surface area contributed by atoms with E-state index in [-0.39, 0.29) is 11.8 Å². The third kappa shape index (κ3) is 3.64. The molecule has 1 saturated heterocycles. The second-order valence-corrected chi connectivity index (χ2v) is 7.08. The third-order valence-electron chi connectivity index (χ3n) is 5.40. The molecule has 3 aromatic rings. The maximum absolute atomic E-state index is 13.3. The maximum atomic E-state index is 13.3. The SMILES string of the molecule is NC[C@@H]1CN(C(=O)c2ccccc2Cn2cccn2)C[C@H]1c1ccccc1. The quantitative estimate of drug-likeness (QED) is 0.761. The topological polar surface area (TPSA) is 64.2 Å². The summed E-state index contributed by atoms with van der Waals surface area (Å²) in [5.74, 6) is 0.655. The van der Waals surface area contributed by atoms with E-state index >= 15 is 0 Å². The molecule has 2 N–H and O–H groups in total. The average molecular weight is 360 g/mol. The Labute approximate surface area is 159 Å². The summed E-state index contributed by atoms with van der Waals surface area (Å²) < 4.78 is 1.84. The Morgan fingerprint density at radius 2 is 1.81 bits per heavy atom. The second-order valence-electron chi connectivity index (χ2n) is 7.08. The van der Waals surface area contributed by atoms with Gasteiger partial charge in [-0.2, -0.15) is 5.10 Å². The zero-order valence-electron chi connectivity index (χ0n) is 15.2. The normalized spacial score (nSPS) is 19.4. The summed E-state index contributed by atoms with van der Waals surface area (Å²) in [6.45, 7) is 2.58. The van der Waals surface area contributed by atoms with E-state index in [0.717, 1.165) is 11.1 Å². The molecule has 0 bridgehead atoms. The van der Waals surface area contributed by atoms with Gasteiger partial charge in [0.1, 0.15) is 0 Å². The molecule has 0 spiro atoms. The van der Waals surface area contributed by atoms with Gasteiger partial charge in [0.25, 0.3) is 5.91 Å². The van der Waals surface area contributed by atoms with Crippen molar-refractivity contribution < 1.29 is 4.79 Å². The fourth-order valence-electron chi connectivity index (χ4n) is 3.96. The first-order chi connectivity index (χ1) is 13.3. The lowest BCUT2D eigenvalue weighted by molar-refractivity contribution is 0.0785. The van der Waals surface area contributed by atoms with Gasteiger partial charge >= 0.3 is 0 Å². The van der Waals surface area contributed by atoms with Crippen molar-refractivity contribution in [3.05, 3.63) is 89.7 Å². The van der Waals surface area contributed by atoms with Gasteiger partial charge in [0, 0.05) is 37.0 Å². The van der Waals surface area contributed by atoms with Crippen molar-refractivity contribution in [3.63, 3.8) is 0 Å². The minimum absolute atomic E-state index is 0.0784. The van der Waals surface area contributed by atoms with E-state index in [0.29, 0.717) is 32.1 Å². The van der Waals surface area contributed by atoms with Crippen LogP contribution < -0.4 is 5.73 Å². The molecule has 0 saturated carbocycles. The molecule has 0 unspecified atom stereocenters. The predicted octanol–water partition coefficient (Wildman–Crippen LogP) is 2.75. The van der Waals surface area contributed by atoms with Crippen LogP contribution in [0.2, 0.25) is 0 Å². The van der Waals surface area contributed by atoms with Crippen LogP contribution in [-0.2, 0) is 6.54 Å². The molecule has 1 aromatic heterocycles. The van der Waals surface area contributed by atoms with Gasteiger partial charge in [-0.15, -0.1) is 0 Å². The molecule has 138 valence electrons. The number of carbonyl (C=O) groups is 1. The van der Waals surface area contributed by atoms with E-state index in [4.69, 9.17) is 5.73 Å². The summed E-state index contributed by atoms with van der Waals surface area (Å²) >= 11 is 0. The van der Waals surface area contributed by atoms with Crippen molar-refractivity contribution in [1.29, 1.82) is 0 Å². The number of amides is 1. The van der Waals surface area contributed by atoms with Crippen LogP contribution in [0.4, 0.5) is 0 Å². The minimum Gasteiger partial charge on any atom is -0.338 e. The molecule has 0 radical (unpaired) electrons. The van der Waals surface area contributed by atoms with E-state index in [1.807, 2.05) is 64.3 Å². The fraction of sp³-hybridized carbons (Fsp3) is 0.273. The van der Waals surface area contributed by atoms with E-state index in [1.54, 1.807) is 6.20 Å². The van der Waals surface area contributed by atoms with Crippen LogP contribution in [0.5, 0.6) is 0 Å². The Kier molecular flexibility index (Phi) is 5.03. The molecular weight excluding hydrogens is 336 g/mol. The Hall–Kier alpha value is -2.92. The van der Waals surface area contributed by atoms with Gasteiger partial charge in [0.2, 0.25) is 0 Å². The van der Waals surface area contributed by atoms with Crippen LogP contribution in [0.1, 0.15) is 27.4 Å². The first kappa shape index (κ1) is 17.5. The summed E-state index contributed by atoms with van der Waals surface area (Å²) in [7, 11) is 0. The van der Waals surface area contributed by atoms with Gasteiger partial charge in [-0.1, -0.05) is 48.5 Å². The van der Waals surface area contributed by atoms with Crippen molar-refractivity contribution >= 4 is 5.91 Å². The van der Waals surface area contributed by atoms with Gasteiger partial charge in [-0.3, -0.25) is 9.48 Å². The largest absolute Gasteiger partial charge is 0.338 e. The lowest BCUT2D eigenvalue weighted by atomic mass is 9.89. The van der Waals surface area contributed by atoms with Crippen molar-refractivity contribution in [2.24, 2.45) is 11.7 Å². The molecule has 5 heteroatoms. The zero-order valence-corrected chi connectivity index (χ0v) is 15.2. The number of hydrogen-bond donors (Lipinski definition) is 1. The number of rotatable bonds is 5. The third-order valence-corrected chi connectivity index (χ3v) is 5.40. The number of aromatic nitrogens is 2. The number of carbonyl (C=O) groups excluding carboxylic acids is 1. The van der Waals surface area contributed by atoms with E-state index in [1.165, 1.54) is 5.56 Å². The number of nitrogens with two attached hydrogens (primary N) is 1. The Morgan fingerprint density at radius 3 is 2.56 bits per heavy atom. The zero-order chi connectivity index (χ0) is 18.6. The van der Waals surface area contributed by atoms with Crippen molar-refractivity contribution in [1.82, 2.24) is 14.7 Å². The monoisotopic (exact) mass is 360 g/mol. The highest BCUT2D eigenvalue weighted by atomic mass is 16.2. The summed E-state index contributed by atoms with van der Waals surface area (Å²) in [6, 6.07) is 20.1. The van der Waals surface area contributed by atoms with Crippen LogP contribution in [0.15, 0.2) is 73.1 Å². The molecule has 2 atom stereocenters. The Balaban J connectivity index is 1.57. The van der Waals surface area contributed by atoms with Crippen molar-refractivity contribution in [2.45, 2.75) is 12.5 Å². The molecule has 4 rings (SSSR count). The van der Waals surface area contributed by atoms with Crippen LogP contribution in [0.25, 0.3) is 0 Å². The Bertz CT molecular complexity index is 892. The summed E-state index contributed by atoms with van der Waals surface area (Å²) in [5.41, 5.74) is 9.02. The molecule has 1 fully saturated rings. The van der Waals surface area contributed by atoms with Crippen molar-refractivity contribution in [2.75, 3.05) is 19.6 Å². The summed E-state index contributed by atoms with van der Waals surface area (Å²) in [5, 5.41) is 4.26. The molecule has 0 aliphatic carbocycles. The van der Waals surface area contributed by atoms with Crippen LogP contribution in [-0.4, -0.2) is 40.2 Å². The molecular formula is C22H24N4O. The van der Waals surface area contributed by atoms with Gasteiger partial charge < -0.3 is 10.6 Å². The van der Waals surface area contributed by atoms with Crippen LogP contribution in [0.3, 0.4) is 0 Å². The first-order valence-corrected chi connectivity index (χ1v) is 9.36. The van der Waals surface area contributed by atoms with Gasteiger partial charge in [-0.25, -0.2) is 0 Å². The highest BCUT2D eigenvalue weighted by Crippen LogP contribution is 2.33. The predicted molar refractivity (Wildman–Crippen MR) is 105 cm³/mol. The molecule has 27 heavy (non-hydrogen) atoms. The second kappa shape index (κ2) is 7.76. The molecule has 5 nitrogen and oxygen atoms in total. The van der Waals surface area contributed by atoms with Crippen LogP contribution in [0, 0.1) is 5.92 Å². The fourth-order valence-corrected chi connectivity index (χ4v) is 3.96. The first-order valence-electron chi connectivity index (χ1n) is 9.36. The maximum Gasteiger partial charge on any atom is 0.254 e. The molecule has 2 heterocycles. The smallest absolute Gasteiger partial charge is 0.254 e.